The summed E-state index contributed by atoms with van der Waals surface area (Å²) in [6.45, 7) is 2.48. The maximum Gasteiger partial charge on any atom is 0.143 e. The van der Waals surface area contributed by atoms with E-state index < -0.39 is 0 Å². The lowest BCUT2D eigenvalue weighted by atomic mass is 10.2. The second-order valence-corrected chi connectivity index (χ2v) is 5.56. The zero-order valence-electron chi connectivity index (χ0n) is 13.3. The molecule has 0 atom stereocenters. The maximum atomic E-state index is 6.13. The van der Waals surface area contributed by atoms with E-state index in [9.17, 15) is 0 Å². The Hall–Kier alpha value is -2.73. The minimum Gasteiger partial charge on any atom is -0.495 e. The van der Waals surface area contributed by atoms with Gasteiger partial charge in [0.15, 0.2) is 0 Å². The lowest BCUT2D eigenvalue weighted by molar-refractivity contribution is 0.416. The number of rotatable bonds is 6. The third-order valence-electron chi connectivity index (χ3n) is 3.43. The Balaban J connectivity index is 1.76. The van der Waals surface area contributed by atoms with Crippen LogP contribution in [-0.2, 0) is 6.54 Å². The van der Waals surface area contributed by atoms with Crippen molar-refractivity contribution in [1.82, 2.24) is 9.97 Å². The number of benzene rings is 1. The number of hydrogen-bond acceptors (Lipinski definition) is 6. The largest absolute Gasteiger partial charge is 0.495 e. The molecule has 0 radical (unpaired) electrons. The average Bonchev–Trinajstić information content (AvgIpc) is 3.10. The van der Waals surface area contributed by atoms with Gasteiger partial charge < -0.3 is 19.8 Å². The average molecular weight is 345 g/mol. The minimum atomic E-state index is 0.548. The number of aromatic nitrogens is 2. The van der Waals surface area contributed by atoms with Crippen molar-refractivity contribution in [3.63, 3.8) is 0 Å². The summed E-state index contributed by atoms with van der Waals surface area (Å²) in [6, 6.07) is 9.25. The smallest absolute Gasteiger partial charge is 0.143 e. The standard InChI is InChI=1S/C17H17ClN4O2/c1-11-6-14(15(23-2)7-13(11)18)22-17-8-16(20-10-21-17)19-9-12-4-3-5-24-12/h3-8,10H,9H2,1-2H3,(H2,19,20,21,22). The number of aryl methyl sites for hydroxylation is 1. The Bertz CT molecular complexity index is 821. The van der Waals surface area contributed by atoms with Crippen molar-refractivity contribution in [3.05, 3.63) is 59.3 Å². The van der Waals surface area contributed by atoms with Gasteiger partial charge in [-0.1, -0.05) is 11.6 Å². The van der Waals surface area contributed by atoms with E-state index in [1.807, 2.05) is 31.2 Å². The lowest BCUT2D eigenvalue weighted by Crippen LogP contribution is -2.03. The predicted octanol–water partition coefficient (Wildman–Crippen LogP) is 4.40. The van der Waals surface area contributed by atoms with Crippen molar-refractivity contribution in [1.29, 1.82) is 0 Å². The Morgan fingerprint density at radius 1 is 1.21 bits per heavy atom. The molecule has 24 heavy (non-hydrogen) atoms. The first-order chi connectivity index (χ1) is 11.7. The van der Waals surface area contributed by atoms with Crippen molar-refractivity contribution in [2.24, 2.45) is 0 Å². The van der Waals surface area contributed by atoms with E-state index in [-0.39, 0.29) is 0 Å². The van der Waals surface area contributed by atoms with Crippen LogP contribution in [0.2, 0.25) is 5.02 Å². The molecule has 2 aromatic heterocycles. The van der Waals surface area contributed by atoms with Gasteiger partial charge in [-0.2, -0.15) is 0 Å². The molecule has 2 N–H and O–H groups in total. The van der Waals surface area contributed by atoms with E-state index in [2.05, 4.69) is 20.6 Å². The van der Waals surface area contributed by atoms with Gasteiger partial charge in [0.05, 0.1) is 25.6 Å². The first kappa shape index (κ1) is 16.1. The second-order valence-electron chi connectivity index (χ2n) is 5.15. The number of furan rings is 1. The third kappa shape index (κ3) is 3.78. The first-order valence-corrected chi connectivity index (χ1v) is 7.73. The Kier molecular flexibility index (Phi) is 4.86. The molecular weight excluding hydrogens is 328 g/mol. The van der Waals surface area contributed by atoms with Gasteiger partial charge >= 0.3 is 0 Å². The van der Waals surface area contributed by atoms with Gasteiger partial charge in [0.2, 0.25) is 0 Å². The van der Waals surface area contributed by atoms with Crippen molar-refractivity contribution in [3.8, 4) is 5.75 Å². The fourth-order valence-electron chi connectivity index (χ4n) is 2.18. The van der Waals surface area contributed by atoms with Crippen molar-refractivity contribution >= 4 is 28.9 Å². The highest BCUT2D eigenvalue weighted by atomic mass is 35.5. The summed E-state index contributed by atoms with van der Waals surface area (Å²) >= 11 is 6.13. The van der Waals surface area contributed by atoms with Gasteiger partial charge in [-0.15, -0.1) is 0 Å². The molecule has 0 aliphatic carbocycles. The number of nitrogens with zero attached hydrogens (tertiary/aromatic N) is 2. The molecule has 0 saturated carbocycles. The van der Waals surface area contributed by atoms with Crippen LogP contribution in [0.15, 0.2) is 47.3 Å². The molecule has 0 aliphatic heterocycles. The van der Waals surface area contributed by atoms with Gasteiger partial charge in [-0.25, -0.2) is 9.97 Å². The molecule has 0 unspecified atom stereocenters. The molecule has 7 heteroatoms. The van der Waals surface area contributed by atoms with Crippen LogP contribution in [0, 0.1) is 6.92 Å². The lowest BCUT2D eigenvalue weighted by Gasteiger charge is -2.13. The van der Waals surface area contributed by atoms with E-state index in [1.165, 1.54) is 6.33 Å². The topological polar surface area (TPSA) is 72.2 Å². The molecule has 3 rings (SSSR count). The van der Waals surface area contributed by atoms with Crippen LogP contribution in [0.25, 0.3) is 0 Å². The van der Waals surface area contributed by atoms with E-state index in [4.69, 9.17) is 20.8 Å². The summed E-state index contributed by atoms with van der Waals surface area (Å²) in [4.78, 5) is 8.43. The highest BCUT2D eigenvalue weighted by Gasteiger charge is 2.08. The van der Waals surface area contributed by atoms with Crippen molar-refractivity contribution in [2.75, 3.05) is 17.7 Å². The van der Waals surface area contributed by atoms with Crippen LogP contribution in [0.4, 0.5) is 17.3 Å². The zero-order valence-corrected chi connectivity index (χ0v) is 14.1. The maximum absolute atomic E-state index is 6.13. The Morgan fingerprint density at radius 2 is 2.04 bits per heavy atom. The quantitative estimate of drug-likeness (QED) is 0.690. The summed E-state index contributed by atoms with van der Waals surface area (Å²) in [6.07, 6.45) is 3.13. The number of hydrogen-bond donors (Lipinski definition) is 2. The van der Waals surface area contributed by atoms with E-state index in [0.29, 0.717) is 29.0 Å². The zero-order chi connectivity index (χ0) is 16.9. The number of ether oxygens (including phenoxy) is 1. The van der Waals surface area contributed by atoms with E-state index in [0.717, 1.165) is 17.0 Å². The third-order valence-corrected chi connectivity index (χ3v) is 3.84. The summed E-state index contributed by atoms with van der Waals surface area (Å²) in [5, 5.41) is 7.07. The highest BCUT2D eigenvalue weighted by molar-refractivity contribution is 6.31. The summed E-state index contributed by atoms with van der Waals surface area (Å²) in [5.74, 6) is 2.81. The van der Waals surface area contributed by atoms with E-state index >= 15 is 0 Å². The molecule has 0 saturated heterocycles. The fourth-order valence-corrected chi connectivity index (χ4v) is 2.33. The molecule has 0 amide bonds. The van der Waals surface area contributed by atoms with Crippen LogP contribution in [0.3, 0.4) is 0 Å². The van der Waals surface area contributed by atoms with Crippen molar-refractivity contribution in [2.45, 2.75) is 13.5 Å². The Morgan fingerprint density at radius 3 is 2.79 bits per heavy atom. The van der Waals surface area contributed by atoms with Gasteiger partial charge in [-0.3, -0.25) is 0 Å². The second kappa shape index (κ2) is 7.23. The summed E-state index contributed by atoms with van der Waals surface area (Å²) in [7, 11) is 1.60. The van der Waals surface area contributed by atoms with Gasteiger partial charge in [-0.05, 0) is 30.7 Å². The highest BCUT2D eigenvalue weighted by Crippen LogP contribution is 2.32. The van der Waals surface area contributed by atoms with Crippen LogP contribution in [0.5, 0.6) is 5.75 Å². The van der Waals surface area contributed by atoms with Crippen LogP contribution in [-0.4, -0.2) is 17.1 Å². The molecule has 0 aliphatic rings. The molecule has 0 fully saturated rings. The number of methoxy groups -OCH3 is 1. The van der Waals surface area contributed by atoms with Gasteiger partial charge in [0.25, 0.3) is 0 Å². The summed E-state index contributed by atoms with van der Waals surface area (Å²) in [5.41, 5.74) is 1.74. The molecule has 0 bridgehead atoms. The van der Waals surface area contributed by atoms with Crippen LogP contribution < -0.4 is 15.4 Å². The molecule has 1 aromatic carbocycles. The number of nitrogens with one attached hydrogen (secondary N) is 2. The molecule has 3 aromatic rings. The summed E-state index contributed by atoms with van der Waals surface area (Å²) < 4.78 is 10.6. The Labute approximate surface area is 144 Å². The van der Waals surface area contributed by atoms with Gasteiger partial charge in [0.1, 0.15) is 29.5 Å². The van der Waals surface area contributed by atoms with Crippen LogP contribution >= 0.6 is 11.6 Å². The molecule has 6 nitrogen and oxygen atoms in total. The van der Waals surface area contributed by atoms with Gasteiger partial charge in [0, 0.05) is 17.2 Å². The van der Waals surface area contributed by atoms with Crippen LogP contribution in [0.1, 0.15) is 11.3 Å². The monoisotopic (exact) mass is 344 g/mol. The van der Waals surface area contributed by atoms with Crippen molar-refractivity contribution < 1.29 is 9.15 Å². The first-order valence-electron chi connectivity index (χ1n) is 7.35. The predicted molar refractivity (Wildman–Crippen MR) is 94.1 cm³/mol. The fraction of sp³-hybridized carbons (Fsp3) is 0.176. The number of anilines is 3. The molecule has 124 valence electrons. The molecule has 0 spiro atoms. The molecular formula is C17H17ClN4O2. The number of halogens is 1. The van der Waals surface area contributed by atoms with E-state index in [1.54, 1.807) is 19.4 Å². The normalized spacial score (nSPS) is 10.5. The SMILES string of the molecule is COc1cc(Cl)c(C)cc1Nc1cc(NCc2ccco2)ncn1. The minimum absolute atomic E-state index is 0.548. The molecule has 2 heterocycles.